The van der Waals surface area contributed by atoms with Crippen LogP contribution in [-0.2, 0) is 16.1 Å². The Labute approximate surface area is 143 Å². The minimum absolute atomic E-state index is 0.0220. The lowest BCUT2D eigenvalue weighted by molar-refractivity contribution is -0.119. The third-order valence-electron chi connectivity index (χ3n) is 4.69. The Hall–Kier alpha value is -1.91. The predicted molar refractivity (Wildman–Crippen MR) is 97.0 cm³/mol. The molecule has 1 atom stereocenters. The van der Waals surface area contributed by atoms with Gasteiger partial charge in [0.2, 0.25) is 5.91 Å². The highest BCUT2D eigenvalue weighted by molar-refractivity contribution is 5.88. The van der Waals surface area contributed by atoms with Crippen molar-refractivity contribution in [3.8, 4) is 0 Å². The molecule has 4 heteroatoms. The van der Waals surface area contributed by atoms with E-state index in [0.717, 1.165) is 32.7 Å². The largest absolute Gasteiger partial charge is 0.375 e. The standard InChI is InChI=1S/C20H26N2O2/c1-15-5-3-8-20-17(6-4-7-19(15)20)13-22-11-12-24-18(14-22)9-10-21-16(2)23/h3-8,18H,9-14H2,1-2H3,(H,21,23)/t18-/m0/s1. The lowest BCUT2D eigenvalue weighted by Gasteiger charge is -2.33. The molecule has 1 heterocycles. The van der Waals surface area contributed by atoms with Crippen LogP contribution in [0.25, 0.3) is 10.8 Å². The Morgan fingerprint density at radius 3 is 2.88 bits per heavy atom. The molecule has 4 nitrogen and oxygen atoms in total. The van der Waals surface area contributed by atoms with Crippen LogP contribution in [0, 0.1) is 6.92 Å². The third kappa shape index (κ3) is 4.13. The van der Waals surface area contributed by atoms with Crippen molar-refractivity contribution >= 4 is 16.7 Å². The van der Waals surface area contributed by atoms with E-state index in [-0.39, 0.29) is 12.0 Å². The highest BCUT2D eigenvalue weighted by atomic mass is 16.5. The summed E-state index contributed by atoms with van der Waals surface area (Å²) in [7, 11) is 0. The van der Waals surface area contributed by atoms with Crippen LogP contribution >= 0.6 is 0 Å². The van der Waals surface area contributed by atoms with Gasteiger partial charge in [0.25, 0.3) is 0 Å². The molecule has 24 heavy (non-hydrogen) atoms. The van der Waals surface area contributed by atoms with Gasteiger partial charge in [0.05, 0.1) is 12.7 Å². The van der Waals surface area contributed by atoms with E-state index < -0.39 is 0 Å². The van der Waals surface area contributed by atoms with E-state index in [1.807, 2.05) is 0 Å². The highest BCUT2D eigenvalue weighted by Crippen LogP contribution is 2.24. The van der Waals surface area contributed by atoms with E-state index in [0.29, 0.717) is 6.54 Å². The maximum atomic E-state index is 11.0. The average molecular weight is 326 g/mol. The first-order valence-corrected chi connectivity index (χ1v) is 8.69. The zero-order valence-electron chi connectivity index (χ0n) is 14.5. The van der Waals surface area contributed by atoms with Crippen molar-refractivity contribution in [2.45, 2.75) is 32.9 Å². The maximum Gasteiger partial charge on any atom is 0.216 e. The number of morpholine rings is 1. The number of aryl methyl sites for hydroxylation is 1. The molecule has 3 rings (SSSR count). The minimum atomic E-state index is 0.0220. The summed E-state index contributed by atoms with van der Waals surface area (Å²) < 4.78 is 5.84. The van der Waals surface area contributed by atoms with Crippen molar-refractivity contribution in [1.29, 1.82) is 0 Å². The normalized spacial score (nSPS) is 18.7. The number of ether oxygens (including phenoxy) is 1. The van der Waals surface area contributed by atoms with Crippen LogP contribution in [0.3, 0.4) is 0 Å². The number of benzene rings is 2. The Bertz CT molecular complexity index is 714. The lowest BCUT2D eigenvalue weighted by atomic mass is 10.0. The van der Waals surface area contributed by atoms with Crippen molar-refractivity contribution in [3.63, 3.8) is 0 Å². The van der Waals surface area contributed by atoms with Crippen molar-refractivity contribution in [2.24, 2.45) is 0 Å². The summed E-state index contributed by atoms with van der Waals surface area (Å²) in [5, 5.41) is 5.53. The Kier molecular flexibility index (Phi) is 5.48. The van der Waals surface area contributed by atoms with Gasteiger partial charge in [-0.25, -0.2) is 0 Å². The van der Waals surface area contributed by atoms with Crippen molar-refractivity contribution in [3.05, 3.63) is 47.5 Å². The second kappa shape index (κ2) is 7.77. The van der Waals surface area contributed by atoms with Crippen molar-refractivity contribution in [2.75, 3.05) is 26.2 Å². The molecule has 128 valence electrons. The number of carbonyl (C=O) groups is 1. The number of amides is 1. The second-order valence-corrected chi connectivity index (χ2v) is 6.59. The fourth-order valence-corrected chi connectivity index (χ4v) is 3.42. The summed E-state index contributed by atoms with van der Waals surface area (Å²) in [6.07, 6.45) is 1.06. The van der Waals surface area contributed by atoms with Gasteiger partial charge in [-0.15, -0.1) is 0 Å². The molecule has 2 aromatic rings. The number of fused-ring (bicyclic) bond motifs is 1. The molecule has 0 aromatic heterocycles. The van der Waals surface area contributed by atoms with E-state index in [2.05, 4.69) is 53.5 Å². The van der Waals surface area contributed by atoms with Crippen LogP contribution in [0.15, 0.2) is 36.4 Å². The number of rotatable bonds is 5. The molecule has 1 fully saturated rings. The zero-order chi connectivity index (χ0) is 16.9. The molecule has 0 aliphatic carbocycles. The summed E-state index contributed by atoms with van der Waals surface area (Å²) in [6, 6.07) is 13.1. The van der Waals surface area contributed by atoms with Crippen LogP contribution < -0.4 is 5.32 Å². The van der Waals surface area contributed by atoms with Crippen LogP contribution in [-0.4, -0.2) is 43.2 Å². The molecule has 0 spiro atoms. The van der Waals surface area contributed by atoms with Gasteiger partial charge in [-0.2, -0.15) is 0 Å². The van der Waals surface area contributed by atoms with Crippen molar-refractivity contribution in [1.82, 2.24) is 10.2 Å². The summed E-state index contributed by atoms with van der Waals surface area (Å²) in [4.78, 5) is 13.4. The lowest BCUT2D eigenvalue weighted by Crippen LogP contribution is -2.43. The fraction of sp³-hybridized carbons (Fsp3) is 0.450. The molecule has 1 aliphatic heterocycles. The van der Waals surface area contributed by atoms with Gasteiger partial charge in [0, 0.05) is 33.1 Å². The van der Waals surface area contributed by atoms with Gasteiger partial charge >= 0.3 is 0 Å². The molecular weight excluding hydrogens is 300 g/mol. The molecule has 0 radical (unpaired) electrons. The van der Waals surface area contributed by atoms with Gasteiger partial charge in [0.1, 0.15) is 0 Å². The quantitative estimate of drug-likeness (QED) is 0.918. The minimum Gasteiger partial charge on any atom is -0.375 e. The number of carbonyl (C=O) groups excluding carboxylic acids is 1. The van der Waals surface area contributed by atoms with Crippen LogP contribution in [0.4, 0.5) is 0 Å². The van der Waals surface area contributed by atoms with Crippen LogP contribution in [0.1, 0.15) is 24.5 Å². The number of nitrogens with one attached hydrogen (secondary N) is 1. The predicted octanol–water partition coefficient (Wildman–Crippen LogP) is 2.88. The molecule has 1 aliphatic rings. The Morgan fingerprint density at radius 2 is 2.04 bits per heavy atom. The summed E-state index contributed by atoms with van der Waals surface area (Å²) in [5.74, 6) is 0.0220. The molecular formula is C20H26N2O2. The zero-order valence-corrected chi connectivity index (χ0v) is 14.5. The number of hydrogen-bond donors (Lipinski definition) is 1. The van der Waals surface area contributed by atoms with E-state index >= 15 is 0 Å². The average Bonchev–Trinajstić information content (AvgIpc) is 2.56. The first kappa shape index (κ1) is 16.9. The van der Waals surface area contributed by atoms with Crippen LogP contribution in [0.5, 0.6) is 0 Å². The number of hydrogen-bond acceptors (Lipinski definition) is 3. The monoisotopic (exact) mass is 326 g/mol. The van der Waals surface area contributed by atoms with E-state index in [4.69, 9.17) is 4.74 Å². The first-order valence-electron chi connectivity index (χ1n) is 8.69. The molecule has 2 aromatic carbocycles. The van der Waals surface area contributed by atoms with Crippen LogP contribution in [0.2, 0.25) is 0 Å². The smallest absolute Gasteiger partial charge is 0.216 e. The topological polar surface area (TPSA) is 41.6 Å². The fourth-order valence-electron chi connectivity index (χ4n) is 3.42. The highest BCUT2D eigenvalue weighted by Gasteiger charge is 2.20. The molecule has 1 amide bonds. The summed E-state index contributed by atoms with van der Waals surface area (Å²) >= 11 is 0. The summed E-state index contributed by atoms with van der Waals surface area (Å²) in [5.41, 5.74) is 2.70. The maximum absolute atomic E-state index is 11.0. The van der Waals surface area contributed by atoms with Gasteiger partial charge in [-0.1, -0.05) is 36.4 Å². The Balaban J connectivity index is 1.65. The SMILES string of the molecule is CC(=O)NCC[C@H]1CN(Cc2cccc3c(C)cccc23)CCO1. The van der Waals surface area contributed by atoms with E-state index in [9.17, 15) is 4.79 Å². The van der Waals surface area contributed by atoms with Gasteiger partial charge < -0.3 is 10.1 Å². The van der Waals surface area contributed by atoms with Gasteiger partial charge in [-0.05, 0) is 35.2 Å². The molecule has 0 bridgehead atoms. The molecule has 0 saturated carbocycles. The van der Waals surface area contributed by atoms with Gasteiger partial charge in [0.15, 0.2) is 0 Å². The number of nitrogens with zero attached hydrogens (tertiary/aromatic N) is 1. The first-order chi connectivity index (χ1) is 11.6. The van der Waals surface area contributed by atoms with Crippen molar-refractivity contribution < 1.29 is 9.53 Å². The Morgan fingerprint density at radius 1 is 1.25 bits per heavy atom. The summed E-state index contributed by atoms with van der Waals surface area (Å²) in [6.45, 7) is 7.98. The molecule has 1 saturated heterocycles. The van der Waals surface area contributed by atoms with Gasteiger partial charge in [-0.3, -0.25) is 9.69 Å². The second-order valence-electron chi connectivity index (χ2n) is 6.59. The van der Waals surface area contributed by atoms with E-state index in [1.165, 1.54) is 21.9 Å². The molecule has 1 N–H and O–H groups in total. The van der Waals surface area contributed by atoms with E-state index in [1.54, 1.807) is 6.92 Å². The third-order valence-corrected chi connectivity index (χ3v) is 4.69. The molecule has 0 unspecified atom stereocenters.